The Bertz CT molecular complexity index is 523. The average Bonchev–Trinajstić information content (AvgIpc) is 2.66. The van der Waals surface area contributed by atoms with Crippen molar-refractivity contribution in [3.8, 4) is 11.8 Å². The van der Waals surface area contributed by atoms with E-state index < -0.39 is 0 Å². The lowest BCUT2D eigenvalue weighted by Crippen LogP contribution is -2.04. The van der Waals surface area contributed by atoms with Gasteiger partial charge in [0.05, 0.1) is 5.69 Å². The van der Waals surface area contributed by atoms with E-state index in [1.165, 1.54) is 0 Å². The van der Waals surface area contributed by atoms with Gasteiger partial charge in [-0.05, 0) is 13.3 Å². The number of ether oxygens (including phenoxy) is 1. The Morgan fingerprint density at radius 1 is 1.44 bits per heavy atom. The molecule has 2 aromatic heterocycles. The zero-order valence-electron chi connectivity index (χ0n) is 10.8. The van der Waals surface area contributed by atoms with E-state index in [1.807, 2.05) is 20.0 Å². The molecule has 96 valence electrons. The predicted molar refractivity (Wildman–Crippen MR) is 68.8 cm³/mol. The minimum Gasteiger partial charge on any atom is -0.421 e. The second-order valence-corrected chi connectivity index (χ2v) is 3.99. The van der Waals surface area contributed by atoms with Gasteiger partial charge in [0.1, 0.15) is 0 Å². The summed E-state index contributed by atoms with van der Waals surface area (Å²) in [5.41, 5.74) is 0.908. The first kappa shape index (κ1) is 12.3. The molecule has 6 nitrogen and oxygen atoms in total. The van der Waals surface area contributed by atoms with Gasteiger partial charge < -0.3 is 10.1 Å². The zero-order chi connectivity index (χ0) is 13.0. The van der Waals surface area contributed by atoms with Crippen molar-refractivity contribution in [2.45, 2.75) is 20.3 Å². The number of hydrogen-bond acceptors (Lipinski definition) is 5. The third kappa shape index (κ3) is 2.97. The molecule has 6 heteroatoms. The van der Waals surface area contributed by atoms with Crippen molar-refractivity contribution < 1.29 is 4.74 Å². The molecule has 0 saturated heterocycles. The van der Waals surface area contributed by atoms with Crippen LogP contribution < -0.4 is 10.1 Å². The standard InChI is InChI=1S/C12H17N5O/c1-4-6-13-12-14-7-5-10(15-12)18-11-8-9(2)16-17(11)3/h5,7-8H,4,6H2,1-3H3,(H,13,14,15). The number of aromatic nitrogens is 4. The minimum absolute atomic E-state index is 0.506. The van der Waals surface area contributed by atoms with Gasteiger partial charge in [0.2, 0.25) is 17.7 Å². The molecular formula is C12H17N5O. The molecule has 0 aromatic carbocycles. The Balaban J connectivity index is 2.11. The lowest BCUT2D eigenvalue weighted by molar-refractivity contribution is 0.415. The Hall–Kier alpha value is -2.11. The van der Waals surface area contributed by atoms with E-state index >= 15 is 0 Å². The summed E-state index contributed by atoms with van der Waals surface area (Å²) in [4.78, 5) is 8.39. The topological polar surface area (TPSA) is 64.9 Å². The van der Waals surface area contributed by atoms with Gasteiger partial charge in [0.25, 0.3) is 0 Å². The van der Waals surface area contributed by atoms with Crippen molar-refractivity contribution in [1.82, 2.24) is 19.7 Å². The summed E-state index contributed by atoms with van der Waals surface area (Å²) in [7, 11) is 1.83. The molecule has 2 heterocycles. The second kappa shape index (κ2) is 5.48. The molecule has 18 heavy (non-hydrogen) atoms. The van der Waals surface area contributed by atoms with E-state index in [-0.39, 0.29) is 0 Å². The summed E-state index contributed by atoms with van der Waals surface area (Å²) in [6.45, 7) is 4.85. The van der Waals surface area contributed by atoms with Crippen LogP contribution in [-0.4, -0.2) is 26.3 Å². The van der Waals surface area contributed by atoms with Crippen LogP contribution in [0.25, 0.3) is 0 Å². The maximum Gasteiger partial charge on any atom is 0.226 e. The molecule has 2 aromatic rings. The summed E-state index contributed by atoms with van der Waals surface area (Å²) in [5.74, 6) is 1.74. The van der Waals surface area contributed by atoms with Crippen molar-refractivity contribution in [2.24, 2.45) is 7.05 Å². The molecule has 0 amide bonds. The van der Waals surface area contributed by atoms with Crippen molar-refractivity contribution in [1.29, 1.82) is 0 Å². The quantitative estimate of drug-likeness (QED) is 0.876. The first-order valence-corrected chi connectivity index (χ1v) is 5.94. The average molecular weight is 247 g/mol. The van der Waals surface area contributed by atoms with Crippen LogP contribution in [-0.2, 0) is 7.05 Å². The summed E-state index contributed by atoms with van der Waals surface area (Å²) in [5, 5.41) is 7.33. The molecule has 0 atom stereocenters. The van der Waals surface area contributed by atoms with Gasteiger partial charge in [-0.3, -0.25) is 0 Å². The summed E-state index contributed by atoms with van der Waals surface area (Å²) < 4.78 is 7.34. The number of rotatable bonds is 5. The largest absolute Gasteiger partial charge is 0.421 e. The zero-order valence-corrected chi connectivity index (χ0v) is 10.8. The third-order valence-electron chi connectivity index (χ3n) is 2.33. The van der Waals surface area contributed by atoms with E-state index in [0.29, 0.717) is 17.7 Å². The molecule has 0 aliphatic rings. The van der Waals surface area contributed by atoms with Gasteiger partial charge in [-0.25, -0.2) is 9.67 Å². The fraction of sp³-hybridized carbons (Fsp3) is 0.417. The van der Waals surface area contributed by atoms with Gasteiger partial charge >= 0.3 is 0 Å². The number of hydrogen-bond donors (Lipinski definition) is 1. The van der Waals surface area contributed by atoms with E-state index in [1.54, 1.807) is 16.9 Å². The van der Waals surface area contributed by atoms with Crippen LogP contribution in [0.2, 0.25) is 0 Å². The van der Waals surface area contributed by atoms with Crippen LogP contribution >= 0.6 is 0 Å². The van der Waals surface area contributed by atoms with Crippen LogP contribution in [0, 0.1) is 6.92 Å². The van der Waals surface area contributed by atoms with Gasteiger partial charge in [0.15, 0.2) is 0 Å². The third-order valence-corrected chi connectivity index (χ3v) is 2.33. The number of nitrogens with zero attached hydrogens (tertiary/aromatic N) is 4. The highest BCUT2D eigenvalue weighted by Crippen LogP contribution is 2.19. The van der Waals surface area contributed by atoms with Crippen LogP contribution in [0.5, 0.6) is 11.8 Å². The van der Waals surface area contributed by atoms with Crippen LogP contribution in [0.1, 0.15) is 19.0 Å². The first-order valence-electron chi connectivity index (χ1n) is 5.94. The molecule has 2 rings (SSSR count). The minimum atomic E-state index is 0.506. The van der Waals surface area contributed by atoms with Gasteiger partial charge in [-0.15, -0.1) is 0 Å². The Kier molecular flexibility index (Phi) is 3.76. The summed E-state index contributed by atoms with van der Waals surface area (Å²) in [6, 6.07) is 3.58. The van der Waals surface area contributed by atoms with Crippen molar-refractivity contribution in [2.75, 3.05) is 11.9 Å². The highest BCUT2D eigenvalue weighted by molar-refractivity contribution is 5.29. The lowest BCUT2D eigenvalue weighted by atomic mass is 10.5. The highest BCUT2D eigenvalue weighted by Gasteiger charge is 2.06. The molecule has 0 saturated carbocycles. The molecule has 0 unspecified atom stereocenters. The summed E-state index contributed by atoms with van der Waals surface area (Å²) >= 11 is 0. The van der Waals surface area contributed by atoms with Gasteiger partial charge in [-0.1, -0.05) is 6.92 Å². The van der Waals surface area contributed by atoms with Crippen LogP contribution in [0.4, 0.5) is 5.95 Å². The van der Waals surface area contributed by atoms with Crippen molar-refractivity contribution in [3.63, 3.8) is 0 Å². The number of aryl methyl sites for hydroxylation is 2. The van der Waals surface area contributed by atoms with E-state index in [9.17, 15) is 0 Å². The monoisotopic (exact) mass is 247 g/mol. The summed E-state index contributed by atoms with van der Waals surface area (Å²) in [6.07, 6.45) is 2.69. The highest BCUT2D eigenvalue weighted by atomic mass is 16.5. The molecule has 1 N–H and O–H groups in total. The van der Waals surface area contributed by atoms with E-state index in [2.05, 4.69) is 27.3 Å². The molecule has 0 aliphatic heterocycles. The fourth-order valence-corrected chi connectivity index (χ4v) is 1.51. The molecule has 0 spiro atoms. The molecule has 0 radical (unpaired) electrons. The lowest BCUT2D eigenvalue weighted by Gasteiger charge is -2.06. The van der Waals surface area contributed by atoms with Crippen molar-refractivity contribution >= 4 is 5.95 Å². The first-order chi connectivity index (χ1) is 8.69. The van der Waals surface area contributed by atoms with Gasteiger partial charge in [0, 0.05) is 31.9 Å². The number of nitrogens with one attached hydrogen (secondary N) is 1. The number of anilines is 1. The molecule has 0 fully saturated rings. The Morgan fingerprint density at radius 2 is 2.28 bits per heavy atom. The Labute approximate surface area is 106 Å². The van der Waals surface area contributed by atoms with Crippen LogP contribution in [0.3, 0.4) is 0 Å². The molecule has 0 bridgehead atoms. The Morgan fingerprint density at radius 3 is 2.94 bits per heavy atom. The fourth-order valence-electron chi connectivity index (χ4n) is 1.51. The smallest absolute Gasteiger partial charge is 0.226 e. The second-order valence-electron chi connectivity index (χ2n) is 3.99. The predicted octanol–water partition coefficient (Wildman–Crippen LogP) is 2.13. The van der Waals surface area contributed by atoms with Crippen LogP contribution in [0.15, 0.2) is 18.3 Å². The maximum atomic E-state index is 5.66. The molecular weight excluding hydrogens is 230 g/mol. The SMILES string of the molecule is CCCNc1nccc(Oc2cc(C)nn2C)n1. The normalized spacial score (nSPS) is 10.4. The van der Waals surface area contributed by atoms with Gasteiger partial charge in [-0.2, -0.15) is 10.1 Å². The maximum absolute atomic E-state index is 5.66. The van der Waals surface area contributed by atoms with E-state index in [4.69, 9.17) is 4.74 Å². The van der Waals surface area contributed by atoms with E-state index in [0.717, 1.165) is 18.7 Å². The van der Waals surface area contributed by atoms with Crippen molar-refractivity contribution in [3.05, 3.63) is 24.0 Å². The molecule has 0 aliphatic carbocycles.